The van der Waals surface area contributed by atoms with Gasteiger partial charge in [0.1, 0.15) is 0 Å². The number of carbonyl (C=O) groups excluding carboxylic acids is 1. The van der Waals surface area contributed by atoms with Crippen LogP contribution in [0.5, 0.6) is 11.5 Å². The van der Waals surface area contributed by atoms with Crippen molar-refractivity contribution in [2.75, 3.05) is 32.8 Å². The van der Waals surface area contributed by atoms with Crippen LogP contribution in [0.25, 0.3) is 0 Å². The molecule has 0 N–H and O–H groups in total. The van der Waals surface area contributed by atoms with E-state index in [0.29, 0.717) is 38.0 Å². The first-order valence-electron chi connectivity index (χ1n) is 11.6. The quantitative estimate of drug-likeness (QED) is 0.636. The molecule has 2 heterocycles. The van der Waals surface area contributed by atoms with Gasteiger partial charge < -0.3 is 14.4 Å². The smallest absolute Gasteiger partial charge is 0.227 e. The highest BCUT2D eigenvalue weighted by Crippen LogP contribution is 2.34. The van der Waals surface area contributed by atoms with Gasteiger partial charge in [-0.1, -0.05) is 44.2 Å². The summed E-state index contributed by atoms with van der Waals surface area (Å²) in [6, 6.07) is 13.7. The fourth-order valence-electron chi connectivity index (χ4n) is 4.55. The Balaban J connectivity index is 1.45. The fraction of sp³-hybridized carbons (Fsp3) is 0.500. The number of amides is 1. The molecule has 0 unspecified atom stereocenters. The first-order chi connectivity index (χ1) is 15.5. The summed E-state index contributed by atoms with van der Waals surface area (Å²) in [5, 5.41) is 0. The summed E-state index contributed by atoms with van der Waals surface area (Å²) in [5.74, 6) is 0.645. The Hall–Kier alpha value is -2.60. The molecule has 32 heavy (non-hydrogen) atoms. The van der Waals surface area contributed by atoms with Gasteiger partial charge in [0, 0.05) is 32.6 Å². The van der Waals surface area contributed by atoms with Crippen LogP contribution in [-0.4, -0.2) is 48.6 Å². The Morgan fingerprint density at radius 2 is 1.94 bits per heavy atom. The summed E-state index contributed by atoms with van der Waals surface area (Å²) in [5.41, 5.74) is 2.00. The number of hydrogen-bond acceptors (Lipinski definition) is 4. The topological polar surface area (TPSA) is 42.0 Å². The Bertz CT molecular complexity index is 919. The second-order valence-electron chi connectivity index (χ2n) is 9.27. The molecule has 2 aliphatic heterocycles. The van der Waals surface area contributed by atoms with Gasteiger partial charge in [-0.05, 0) is 42.1 Å². The molecule has 1 saturated heterocycles. The van der Waals surface area contributed by atoms with Crippen LogP contribution in [-0.2, 0) is 17.9 Å². The second-order valence-corrected chi connectivity index (χ2v) is 9.27. The molecule has 2 aliphatic rings. The molecule has 1 amide bonds. The molecule has 0 aliphatic carbocycles. The molecule has 1 atom stereocenters. The van der Waals surface area contributed by atoms with Gasteiger partial charge in [-0.3, -0.25) is 9.69 Å². The predicted molar refractivity (Wildman–Crippen MR) is 122 cm³/mol. The molecular weight excluding hydrogens is 407 g/mol. The van der Waals surface area contributed by atoms with Crippen LogP contribution in [0.15, 0.2) is 42.5 Å². The molecule has 5 nitrogen and oxygen atoms in total. The number of fused-ring (bicyclic) bond motifs is 1. The van der Waals surface area contributed by atoms with Crippen molar-refractivity contribution >= 4 is 5.91 Å². The van der Waals surface area contributed by atoms with Gasteiger partial charge in [0.05, 0.1) is 19.1 Å². The lowest BCUT2D eigenvalue weighted by Gasteiger charge is -2.28. The summed E-state index contributed by atoms with van der Waals surface area (Å²) in [4.78, 5) is 17.7. The van der Waals surface area contributed by atoms with E-state index in [2.05, 4.69) is 30.9 Å². The van der Waals surface area contributed by atoms with Crippen molar-refractivity contribution in [3.63, 3.8) is 0 Å². The van der Waals surface area contributed by atoms with E-state index in [9.17, 15) is 9.18 Å². The van der Waals surface area contributed by atoms with Crippen LogP contribution in [0.4, 0.5) is 4.39 Å². The number of likely N-dealkylation sites (tertiary alicyclic amines) is 1. The van der Waals surface area contributed by atoms with Crippen molar-refractivity contribution in [1.29, 1.82) is 0 Å². The SMILES string of the molecule is CC(C)CN(Cc1cc(F)c2c(c1)OCCCO2)C(=O)[C@@H]1CCN(Cc2ccccc2)C1. The van der Waals surface area contributed by atoms with Gasteiger partial charge in [0.2, 0.25) is 5.91 Å². The van der Waals surface area contributed by atoms with E-state index in [0.717, 1.165) is 38.0 Å². The maximum Gasteiger partial charge on any atom is 0.227 e. The standard InChI is InChI=1S/C26H33FN2O3/c1-19(2)15-29(17-21-13-23(27)25-24(14-21)31-11-6-12-32-25)26(30)22-9-10-28(18-22)16-20-7-4-3-5-8-20/h3-5,7-8,13-14,19,22H,6,9-12,15-18H2,1-2H3/t22-/m1/s1. The minimum absolute atomic E-state index is 0.0253. The highest BCUT2D eigenvalue weighted by atomic mass is 19.1. The van der Waals surface area contributed by atoms with Gasteiger partial charge in [0.15, 0.2) is 17.3 Å². The molecule has 172 valence electrons. The first kappa shape index (κ1) is 22.6. The second kappa shape index (κ2) is 10.3. The third kappa shape index (κ3) is 5.60. The predicted octanol–water partition coefficient (Wildman–Crippen LogP) is 4.49. The monoisotopic (exact) mass is 440 g/mol. The summed E-state index contributed by atoms with van der Waals surface area (Å²) < 4.78 is 25.9. The van der Waals surface area contributed by atoms with Gasteiger partial charge in [-0.25, -0.2) is 4.39 Å². The van der Waals surface area contributed by atoms with Crippen LogP contribution >= 0.6 is 0 Å². The summed E-state index contributed by atoms with van der Waals surface area (Å²) in [6.07, 6.45) is 1.58. The van der Waals surface area contributed by atoms with E-state index >= 15 is 0 Å². The molecule has 2 aromatic rings. The minimum Gasteiger partial charge on any atom is -0.489 e. The molecule has 0 aromatic heterocycles. The largest absolute Gasteiger partial charge is 0.489 e. The van der Waals surface area contributed by atoms with Crippen molar-refractivity contribution in [2.45, 2.75) is 39.8 Å². The Morgan fingerprint density at radius 3 is 2.72 bits per heavy atom. The number of benzene rings is 2. The lowest BCUT2D eigenvalue weighted by atomic mass is 10.0. The van der Waals surface area contributed by atoms with E-state index in [-0.39, 0.29) is 17.6 Å². The maximum absolute atomic E-state index is 14.7. The van der Waals surface area contributed by atoms with Crippen LogP contribution < -0.4 is 9.47 Å². The molecular formula is C26H33FN2O3. The zero-order chi connectivity index (χ0) is 22.5. The number of carbonyl (C=O) groups is 1. The first-order valence-corrected chi connectivity index (χ1v) is 11.6. The third-order valence-electron chi connectivity index (χ3n) is 6.00. The van der Waals surface area contributed by atoms with E-state index in [1.54, 1.807) is 0 Å². The normalized spacial score (nSPS) is 18.6. The van der Waals surface area contributed by atoms with Crippen LogP contribution in [0.2, 0.25) is 0 Å². The molecule has 1 fully saturated rings. The number of rotatable bonds is 7. The van der Waals surface area contributed by atoms with Crippen molar-refractivity contribution < 1.29 is 18.7 Å². The summed E-state index contributed by atoms with van der Waals surface area (Å²) >= 11 is 0. The maximum atomic E-state index is 14.7. The lowest BCUT2D eigenvalue weighted by Crippen LogP contribution is -2.39. The molecule has 0 spiro atoms. The Kier molecular flexibility index (Phi) is 7.30. The molecule has 0 radical (unpaired) electrons. The molecule has 4 rings (SSSR count). The van der Waals surface area contributed by atoms with E-state index in [1.165, 1.54) is 11.6 Å². The summed E-state index contributed by atoms with van der Waals surface area (Å²) in [7, 11) is 0. The molecule has 0 bridgehead atoms. The van der Waals surface area contributed by atoms with Crippen LogP contribution in [0.1, 0.15) is 37.8 Å². The van der Waals surface area contributed by atoms with Crippen molar-refractivity contribution in [1.82, 2.24) is 9.80 Å². The number of halogens is 1. The van der Waals surface area contributed by atoms with Gasteiger partial charge in [-0.15, -0.1) is 0 Å². The average molecular weight is 441 g/mol. The molecule has 0 saturated carbocycles. The Labute approximate surface area is 190 Å². The third-order valence-corrected chi connectivity index (χ3v) is 6.00. The van der Waals surface area contributed by atoms with Crippen molar-refractivity contribution in [3.8, 4) is 11.5 Å². The Morgan fingerprint density at radius 1 is 1.16 bits per heavy atom. The van der Waals surface area contributed by atoms with Gasteiger partial charge in [0.25, 0.3) is 0 Å². The minimum atomic E-state index is -0.425. The average Bonchev–Trinajstić information content (AvgIpc) is 3.09. The van der Waals surface area contributed by atoms with Gasteiger partial charge in [-0.2, -0.15) is 0 Å². The highest BCUT2D eigenvalue weighted by Gasteiger charge is 2.32. The zero-order valence-corrected chi connectivity index (χ0v) is 19.1. The molecule has 6 heteroatoms. The van der Waals surface area contributed by atoms with Crippen molar-refractivity contribution in [3.05, 3.63) is 59.4 Å². The lowest BCUT2D eigenvalue weighted by molar-refractivity contribution is -0.136. The van der Waals surface area contributed by atoms with Crippen molar-refractivity contribution in [2.24, 2.45) is 11.8 Å². The number of nitrogens with zero attached hydrogens (tertiary/aromatic N) is 2. The number of hydrogen-bond donors (Lipinski definition) is 0. The van der Waals surface area contributed by atoms with Crippen LogP contribution in [0.3, 0.4) is 0 Å². The van der Waals surface area contributed by atoms with E-state index in [1.807, 2.05) is 29.2 Å². The van der Waals surface area contributed by atoms with E-state index in [4.69, 9.17) is 9.47 Å². The van der Waals surface area contributed by atoms with Crippen LogP contribution in [0, 0.1) is 17.7 Å². The van der Waals surface area contributed by atoms with Gasteiger partial charge >= 0.3 is 0 Å². The van der Waals surface area contributed by atoms with E-state index < -0.39 is 5.82 Å². The zero-order valence-electron chi connectivity index (χ0n) is 19.1. The summed E-state index contributed by atoms with van der Waals surface area (Å²) in [6.45, 7) is 8.71. The fourth-order valence-corrected chi connectivity index (χ4v) is 4.55. The molecule has 2 aromatic carbocycles. The number of ether oxygens (including phenoxy) is 2. The highest BCUT2D eigenvalue weighted by molar-refractivity contribution is 5.79.